The van der Waals surface area contributed by atoms with E-state index in [0.29, 0.717) is 6.10 Å². The van der Waals surface area contributed by atoms with Gasteiger partial charge in [0.25, 0.3) is 0 Å². The highest BCUT2D eigenvalue weighted by Crippen LogP contribution is 2.15. The third kappa shape index (κ3) is 5.32. The summed E-state index contributed by atoms with van der Waals surface area (Å²) in [6.07, 6.45) is 4.16. The molecule has 0 amide bonds. The van der Waals surface area contributed by atoms with Gasteiger partial charge < -0.3 is 9.64 Å². The van der Waals surface area contributed by atoms with Crippen LogP contribution in [0.3, 0.4) is 0 Å². The molecular formula is C12H24BrNO. The Kier molecular flexibility index (Phi) is 6.86. The van der Waals surface area contributed by atoms with Crippen LogP contribution in [0.25, 0.3) is 0 Å². The van der Waals surface area contributed by atoms with Crippen molar-refractivity contribution < 1.29 is 4.74 Å². The van der Waals surface area contributed by atoms with Gasteiger partial charge >= 0.3 is 0 Å². The number of piperidine rings is 1. The van der Waals surface area contributed by atoms with Crippen LogP contribution in [0.2, 0.25) is 0 Å². The summed E-state index contributed by atoms with van der Waals surface area (Å²) in [6.45, 7) is 8.99. The number of nitrogens with zero attached hydrogens (tertiary/aromatic N) is 1. The summed E-state index contributed by atoms with van der Waals surface area (Å²) in [5.41, 5.74) is 0. The molecule has 0 aromatic rings. The van der Waals surface area contributed by atoms with Crippen molar-refractivity contribution in [3.8, 4) is 0 Å². The number of ether oxygens (including phenoxy) is 1. The van der Waals surface area contributed by atoms with Gasteiger partial charge in [-0.3, -0.25) is 0 Å². The zero-order valence-corrected chi connectivity index (χ0v) is 11.6. The van der Waals surface area contributed by atoms with E-state index in [4.69, 9.17) is 4.74 Å². The molecular weight excluding hydrogens is 254 g/mol. The van der Waals surface area contributed by atoms with Crippen LogP contribution in [0.15, 0.2) is 0 Å². The summed E-state index contributed by atoms with van der Waals surface area (Å²) in [4.78, 5) is 2.55. The first-order chi connectivity index (χ1) is 7.26. The van der Waals surface area contributed by atoms with Crippen molar-refractivity contribution in [1.29, 1.82) is 0 Å². The average Bonchev–Trinajstić information content (AvgIpc) is 2.26. The lowest BCUT2D eigenvalue weighted by molar-refractivity contribution is -0.00251. The summed E-state index contributed by atoms with van der Waals surface area (Å²) in [5, 5.41) is 1.10. The molecule has 3 heteroatoms. The van der Waals surface area contributed by atoms with Gasteiger partial charge in [0.2, 0.25) is 0 Å². The highest BCUT2D eigenvalue weighted by atomic mass is 79.9. The monoisotopic (exact) mass is 277 g/mol. The molecule has 2 unspecified atom stereocenters. The Bertz CT molecular complexity index is 166. The van der Waals surface area contributed by atoms with Crippen molar-refractivity contribution in [2.75, 3.05) is 31.6 Å². The van der Waals surface area contributed by atoms with Crippen LogP contribution >= 0.6 is 15.9 Å². The van der Waals surface area contributed by atoms with Crippen LogP contribution < -0.4 is 0 Å². The van der Waals surface area contributed by atoms with Crippen molar-refractivity contribution in [2.24, 2.45) is 5.92 Å². The van der Waals surface area contributed by atoms with Crippen LogP contribution in [-0.4, -0.2) is 42.6 Å². The quantitative estimate of drug-likeness (QED) is 0.693. The number of halogens is 1. The van der Waals surface area contributed by atoms with Gasteiger partial charge in [0.05, 0.1) is 6.10 Å². The van der Waals surface area contributed by atoms with Gasteiger partial charge in [0.1, 0.15) is 0 Å². The topological polar surface area (TPSA) is 12.5 Å². The smallest absolute Gasteiger partial charge is 0.0702 e. The maximum absolute atomic E-state index is 5.82. The molecule has 1 fully saturated rings. The van der Waals surface area contributed by atoms with E-state index in [1.807, 2.05) is 0 Å². The zero-order valence-electron chi connectivity index (χ0n) is 10.0. The van der Waals surface area contributed by atoms with Crippen LogP contribution in [0.5, 0.6) is 0 Å². The molecule has 0 bridgehead atoms. The number of hydrogen-bond donors (Lipinski definition) is 0. The second kappa shape index (κ2) is 7.64. The second-order valence-electron chi connectivity index (χ2n) is 4.65. The molecule has 1 aliphatic rings. The third-order valence-electron chi connectivity index (χ3n) is 2.85. The predicted molar refractivity (Wildman–Crippen MR) is 68.7 cm³/mol. The van der Waals surface area contributed by atoms with Crippen molar-refractivity contribution in [3.05, 3.63) is 0 Å². The number of hydrogen-bond acceptors (Lipinski definition) is 2. The van der Waals surface area contributed by atoms with Gasteiger partial charge in [-0.2, -0.15) is 0 Å². The molecule has 0 N–H and O–H groups in total. The van der Waals surface area contributed by atoms with Gasteiger partial charge in [-0.25, -0.2) is 0 Å². The molecule has 0 saturated carbocycles. The Labute approximate surface area is 102 Å². The van der Waals surface area contributed by atoms with E-state index >= 15 is 0 Å². The lowest BCUT2D eigenvalue weighted by Crippen LogP contribution is -2.42. The van der Waals surface area contributed by atoms with Crippen molar-refractivity contribution in [3.63, 3.8) is 0 Å². The summed E-state index contributed by atoms with van der Waals surface area (Å²) >= 11 is 3.54. The molecule has 90 valence electrons. The summed E-state index contributed by atoms with van der Waals surface area (Å²) in [5.74, 6) is 0.745. The van der Waals surface area contributed by atoms with Crippen LogP contribution in [0.1, 0.15) is 33.1 Å². The van der Waals surface area contributed by atoms with E-state index in [0.717, 1.165) is 30.8 Å². The van der Waals surface area contributed by atoms with E-state index in [2.05, 4.69) is 34.7 Å². The fourth-order valence-electron chi connectivity index (χ4n) is 2.09. The fourth-order valence-corrected chi connectivity index (χ4v) is 2.29. The Hall–Kier alpha value is 0.400. The predicted octanol–water partition coefficient (Wildman–Crippen LogP) is 2.91. The Balaban J connectivity index is 2.22. The minimum absolute atomic E-state index is 0.487. The van der Waals surface area contributed by atoms with E-state index in [9.17, 15) is 0 Å². The SMILES string of the molecule is CCCOC1CCCN(CC(C)CBr)C1. The molecule has 2 atom stereocenters. The first kappa shape index (κ1) is 13.5. The molecule has 0 aliphatic carbocycles. The largest absolute Gasteiger partial charge is 0.377 e. The molecule has 15 heavy (non-hydrogen) atoms. The standard InChI is InChI=1S/C12H24BrNO/c1-3-7-15-12-5-4-6-14(10-12)9-11(2)8-13/h11-12H,3-10H2,1-2H3. The Morgan fingerprint density at radius 2 is 2.33 bits per heavy atom. The van der Waals surface area contributed by atoms with E-state index in [1.165, 1.54) is 25.9 Å². The molecule has 0 aromatic carbocycles. The zero-order chi connectivity index (χ0) is 11.1. The normalized spacial score (nSPS) is 25.4. The first-order valence-corrected chi connectivity index (χ1v) is 7.28. The number of likely N-dealkylation sites (tertiary alicyclic amines) is 1. The van der Waals surface area contributed by atoms with Crippen molar-refractivity contribution in [2.45, 2.75) is 39.2 Å². The minimum atomic E-state index is 0.487. The second-order valence-corrected chi connectivity index (χ2v) is 5.30. The molecule has 0 aromatic heterocycles. The van der Waals surface area contributed by atoms with Gasteiger partial charge in [0, 0.05) is 25.0 Å². The van der Waals surface area contributed by atoms with Crippen LogP contribution in [-0.2, 0) is 4.74 Å². The molecule has 1 saturated heterocycles. The highest BCUT2D eigenvalue weighted by Gasteiger charge is 2.20. The summed E-state index contributed by atoms with van der Waals surface area (Å²) in [6, 6.07) is 0. The fraction of sp³-hybridized carbons (Fsp3) is 1.00. The highest BCUT2D eigenvalue weighted by molar-refractivity contribution is 9.09. The number of rotatable bonds is 6. The van der Waals surface area contributed by atoms with Gasteiger partial charge in [-0.05, 0) is 31.7 Å². The van der Waals surface area contributed by atoms with Crippen LogP contribution in [0.4, 0.5) is 0 Å². The Morgan fingerprint density at radius 1 is 1.53 bits per heavy atom. The summed E-state index contributed by atoms with van der Waals surface area (Å²) in [7, 11) is 0. The van der Waals surface area contributed by atoms with Crippen molar-refractivity contribution >= 4 is 15.9 Å². The van der Waals surface area contributed by atoms with E-state index in [1.54, 1.807) is 0 Å². The molecule has 0 radical (unpaired) electrons. The van der Waals surface area contributed by atoms with Gasteiger partial charge in [-0.15, -0.1) is 0 Å². The lowest BCUT2D eigenvalue weighted by atomic mass is 10.1. The van der Waals surface area contributed by atoms with Gasteiger partial charge in [-0.1, -0.05) is 29.8 Å². The van der Waals surface area contributed by atoms with Crippen molar-refractivity contribution in [1.82, 2.24) is 4.90 Å². The Morgan fingerprint density at radius 3 is 3.00 bits per heavy atom. The maximum Gasteiger partial charge on any atom is 0.0702 e. The third-order valence-corrected chi connectivity index (χ3v) is 3.96. The molecule has 1 aliphatic heterocycles. The summed E-state index contributed by atoms with van der Waals surface area (Å²) < 4.78 is 5.82. The lowest BCUT2D eigenvalue weighted by Gasteiger charge is -2.33. The van der Waals surface area contributed by atoms with Gasteiger partial charge in [0.15, 0.2) is 0 Å². The molecule has 0 spiro atoms. The van der Waals surface area contributed by atoms with E-state index in [-0.39, 0.29) is 0 Å². The first-order valence-electron chi connectivity index (χ1n) is 6.16. The number of alkyl halides is 1. The average molecular weight is 278 g/mol. The molecule has 1 rings (SSSR count). The van der Waals surface area contributed by atoms with Crippen LogP contribution in [0, 0.1) is 5.92 Å². The van der Waals surface area contributed by atoms with E-state index < -0.39 is 0 Å². The minimum Gasteiger partial charge on any atom is -0.377 e. The molecule has 1 heterocycles. The maximum atomic E-state index is 5.82. The molecule has 2 nitrogen and oxygen atoms in total.